The van der Waals surface area contributed by atoms with Crippen LogP contribution in [0.4, 0.5) is 0 Å². The number of nitrogens with zero attached hydrogens (tertiary/aromatic N) is 1. The number of aromatic nitrogens is 1. The molecule has 1 aromatic heterocycles. The van der Waals surface area contributed by atoms with E-state index in [2.05, 4.69) is 15.6 Å². The number of ether oxygens (including phenoxy) is 1. The van der Waals surface area contributed by atoms with Gasteiger partial charge in [0.15, 0.2) is 0 Å². The summed E-state index contributed by atoms with van der Waals surface area (Å²) in [6.07, 6.45) is 1.63. The molecule has 0 radical (unpaired) electrons. The van der Waals surface area contributed by atoms with Crippen molar-refractivity contribution in [1.82, 2.24) is 15.6 Å². The Bertz CT molecular complexity index is 464. The monoisotopic (exact) mass is 279 g/mol. The van der Waals surface area contributed by atoms with Gasteiger partial charge in [-0.1, -0.05) is 26.8 Å². The summed E-state index contributed by atoms with van der Waals surface area (Å²) in [5, 5.41) is 5.30. The zero-order valence-corrected chi connectivity index (χ0v) is 12.3. The standard InChI is InChI=1S/C14H21N3O3/c1-14(2,3)13(19)17-9-11(18)15-7-10-5-6-12(20-4)16-8-10/h5-6,8H,7,9H2,1-4H3,(H,15,18)(H,17,19). The van der Waals surface area contributed by atoms with Crippen molar-refractivity contribution in [1.29, 1.82) is 0 Å². The Morgan fingerprint density at radius 1 is 1.25 bits per heavy atom. The first-order valence-electron chi connectivity index (χ1n) is 6.37. The Labute approximate surface area is 118 Å². The van der Waals surface area contributed by atoms with Gasteiger partial charge in [-0.2, -0.15) is 0 Å². The SMILES string of the molecule is COc1ccc(CNC(=O)CNC(=O)C(C)(C)C)cn1. The van der Waals surface area contributed by atoms with E-state index in [4.69, 9.17) is 4.74 Å². The number of methoxy groups -OCH3 is 1. The van der Waals surface area contributed by atoms with Crippen LogP contribution in [0.25, 0.3) is 0 Å². The summed E-state index contributed by atoms with van der Waals surface area (Å²) in [6.45, 7) is 5.72. The van der Waals surface area contributed by atoms with Gasteiger partial charge in [-0.25, -0.2) is 4.98 Å². The van der Waals surface area contributed by atoms with Crippen LogP contribution in [-0.2, 0) is 16.1 Å². The fourth-order valence-corrected chi connectivity index (χ4v) is 1.33. The first-order valence-corrected chi connectivity index (χ1v) is 6.37. The lowest BCUT2D eigenvalue weighted by Gasteiger charge is -2.17. The van der Waals surface area contributed by atoms with Crippen LogP contribution >= 0.6 is 0 Å². The lowest BCUT2D eigenvalue weighted by atomic mass is 9.96. The van der Waals surface area contributed by atoms with Crippen LogP contribution < -0.4 is 15.4 Å². The van der Waals surface area contributed by atoms with E-state index in [1.807, 2.05) is 6.07 Å². The summed E-state index contributed by atoms with van der Waals surface area (Å²) in [5.41, 5.74) is 0.362. The van der Waals surface area contributed by atoms with Crippen LogP contribution in [0.3, 0.4) is 0 Å². The van der Waals surface area contributed by atoms with Crippen molar-refractivity contribution < 1.29 is 14.3 Å². The number of hydrogen-bond acceptors (Lipinski definition) is 4. The van der Waals surface area contributed by atoms with Gasteiger partial charge < -0.3 is 15.4 Å². The first-order chi connectivity index (χ1) is 9.32. The quantitative estimate of drug-likeness (QED) is 0.838. The second-order valence-electron chi connectivity index (χ2n) is 5.42. The third kappa shape index (κ3) is 5.26. The number of carbonyl (C=O) groups excluding carboxylic acids is 2. The van der Waals surface area contributed by atoms with E-state index < -0.39 is 5.41 Å². The van der Waals surface area contributed by atoms with Crippen LogP contribution in [0.1, 0.15) is 26.3 Å². The molecule has 0 atom stereocenters. The van der Waals surface area contributed by atoms with Gasteiger partial charge in [0.2, 0.25) is 17.7 Å². The van der Waals surface area contributed by atoms with Gasteiger partial charge in [0.25, 0.3) is 0 Å². The van der Waals surface area contributed by atoms with Gasteiger partial charge in [0.05, 0.1) is 13.7 Å². The molecule has 110 valence electrons. The molecule has 0 aromatic carbocycles. The first kappa shape index (κ1) is 15.9. The summed E-state index contributed by atoms with van der Waals surface area (Å²) < 4.78 is 4.95. The van der Waals surface area contributed by atoms with Gasteiger partial charge >= 0.3 is 0 Å². The third-order valence-electron chi connectivity index (χ3n) is 2.59. The molecule has 1 aromatic rings. The van der Waals surface area contributed by atoms with Crippen LogP contribution in [0.2, 0.25) is 0 Å². The highest BCUT2D eigenvalue weighted by Crippen LogP contribution is 2.11. The smallest absolute Gasteiger partial charge is 0.239 e. The summed E-state index contributed by atoms with van der Waals surface area (Å²) in [4.78, 5) is 27.2. The Kier molecular flexibility index (Phi) is 5.49. The van der Waals surface area contributed by atoms with Gasteiger partial charge in [0.1, 0.15) is 0 Å². The van der Waals surface area contributed by atoms with Crippen molar-refractivity contribution in [2.75, 3.05) is 13.7 Å². The maximum Gasteiger partial charge on any atom is 0.239 e. The van der Waals surface area contributed by atoms with Crippen LogP contribution in [0.5, 0.6) is 5.88 Å². The highest BCUT2D eigenvalue weighted by atomic mass is 16.5. The Balaban J connectivity index is 2.34. The molecule has 1 rings (SSSR count). The molecule has 1 heterocycles. The van der Waals surface area contributed by atoms with E-state index in [-0.39, 0.29) is 18.4 Å². The van der Waals surface area contributed by atoms with Crippen LogP contribution in [0, 0.1) is 5.41 Å². The Morgan fingerprint density at radius 2 is 1.95 bits per heavy atom. The molecule has 0 bridgehead atoms. The minimum absolute atomic E-state index is 0.0281. The van der Waals surface area contributed by atoms with E-state index in [1.165, 1.54) is 0 Å². The van der Waals surface area contributed by atoms with E-state index in [0.717, 1.165) is 5.56 Å². The molecule has 6 nitrogen and oxygen atoms in total. The molecule has 0 saturated carbocycles. The minimum Gasteiger partial charge on any atom is -0.481 e. The number of carbonyl (C=O) groups is 2. The zero-order valence-electron chi connectivity index (χ0n) is 12.3. The van der Waals surface area contributed by atoms with E-state index in [0.29, 0.717) is 12.4 Å². The molecule has 6 heteroatoms. The number of hydrogen-bond donors (Lipinski definition) is 2. The maximum absolute atomic E-state index is 11.6. The van der Waals surface area contributed by atoms with Gasteiger partial charge in [-0.3, -0.25) is 9.59 Å². The molecule has 20 heavy (non-hydrogen) atoms. The molecular weight excluding hydrogens is 258 g/mol. The normalized spacial score (nSPS) is 10.8. The second-order valence-corrected chi connectivity index (χ2v) is 5.42. The Morgan fingerprint density at radius 3 is 2.45 bits per heavy atom. The lowest BCUT2D eigenvalue weighted by Crippen LogP contribution is -2.41. The molecule has 0 aliphatic heterocycles. The molecular formula is C14H21N3O3. The molecule has 0 fully saturated rings. The van der Waals surface area contributed by atoms with Crippen LogP contribution in [-0.4, -0.2) is 30.5 Å². The average molecular weight is 279 g/mol. The molecule has 2 amide bonds. The number of nitrogens with one attached hydrogen (secondary N) is 2. The van der Waals surface area contributed by atoms with Crippen molar-refractivity contribution in [2.24, 2.45) is 5.41 Å². The summed E-state index contributed by atoms with van der Waals surface area (Å²) in [5.74, 6) is 0.134. The summed E-state index contributed by atoms with van der Waals surface area (Å²) in [7, 11) is 1.54. The van der Waals surface area contributed by atoms with Crippen LogP contribution in [0.15, 0.2) is 18.3 Å². The maximum atomic E-state index is 11.6. The van der Waals surface area contributed by atoms with Crippen molar-refractivity contribution in [2.45, 2.75) is 27.3 Å². The molecule has 2 N–H and O–H groups in total. The van der Waals surface area contributed by atoms with E-state index in [1.54, 1.807) is 40.1 Å². The van der Waals surface area contributed by atoms with Crippen molar-refractivity contribution >= 4 is 11.8 Å². The van der Waals surface area contributed by atoms with Gasteiger partial charge in [-0.05, 0) is 5.56 Å². The largest absolute Gasteiger partial charge is 0.481 e. The van der Waals surface area contributed by atoms with Gasteiger partial charge in [0, 0.05) is 24.2 Å². The highest BCUT2D eigenvalue weighted by molar-refractivity contribution is 5.87. The molecule has 0 saturated heterocycles. The predicted molar refractivity (Wildman–Crippen MR) is 75.1 cm³/mol. The fourth-order valence-electron chi connectivity index (χ4n) is 1.33. The predicted octanol–water partition coefficient (Wildman–Crippen LogP) is 0.869. The van der Waals surface area contributed by atoms with E-state index in [9.17, 15) is 9.59 Å². The number of pyridine rings is 1. The Hall–Kier alpha value is -2.11. The highest BCUT2D eigenvalue weighted by Gasteiger charge is 2.21. The lowest BCUT2D eigenvalue weighted by molar-refractivity contribution is -0.131. The average Bonchev–Trinajstić information content (AvgIpc) is 2.41. The van der Waals surface area contributed by atoms with Crippen molar-refractivity contribution in [3.8, 4) is 5.88 Å². The third-order valence-corrected chi connectivity index (χ3v) is 2.59. The topological polar surface area (TPSA) is 80.3 Å². The molecule has 0 aliphatic rings. The summed E-state index contributed by atoms with van der Waals surface area (Å²) in [6, 6.07) is 3.54. The summed E-state index contributed by atoms with van der Waals surface area (Å²) >= 11 is 0. The minimum atomic E-state index is -0.500. The van der Waals surface area contributed by atoms with E-state index >= 15 is 0 Å². The molecule has 0 unspecified atom stereocenters. The second kappa shape index (κ2) is 6.88. The molecule has 0 aliphatic carbocycles. The van der Waals surface area contributed by atoms with Gasteiger partial charge in [-0.15, -0.1) is 0 Å². The number of rotatable bonds is 5. The number of amides is 2. The molecule has 0 spiro atoms. The fraction of sp³-hybridized carbons (Fsp3) is 0.500. The zero-order chi connectivity index (χ0) is 15.2. The van der Waals surface area contributed by atoms with Crippen molar-refractivity contribution in [3.05, 3.63) is 23.9 Å². The van der Waals surface area contributed by atoms with Crippen molar-refractivity contribution in [3.63, 3.8) is 0 Å².